The van der Waals surface area contributed by atoms with Crippen LogP contribution < -0.4 is 10.6 Å². The van der Waals surface area contributed by atoms with Crippen LogP contribution in [0.5, 0.6) is 0 Å². The van der Waals surface area contributed by atoms with Gasteiger partial charge in [0.2, 0.25) is 5.91 Å². The lowest BCUT2D eigenvalue weighted by molar-refractivity contribution is -0.121. The van der Waals surface area contributed by atoms with Gasteiger partial charge in [-0.25, -0.2) is 0 Å². The SMILES string of the molecule is CC(C)(O)CNC(=O)CNC(=O)c1ccccc1Br. The van der Waals surface area contributed by atoms with Gasteiger partial charge in [-0.3, -0.25) is 9.59 Å². The highest BCUT2D eigenvalue weighted by Gasteiger charge is 2.15. The molecule has 0 radical (unpaired) electrons. The molecule has 0 heterocycles. The zero-order chi connectivity index (χ0) is 14.5. The second-order valence-electron chi connectivity index (χ2n) is 4.75. The molecular formula is C13H17BrN2O3. The molecule has 0 unspecified atom stereocenters. The van der Waals surface area contributed by atoms with E-state index in [1.54, 1.807) is 38.1 Å². The van der Waals surface area contributed by atoms with E-state index in [1.807, 2.05) is 0 Å². The van der Waals surface area contributed by atoms with Gasteiger partial charge in [-0.15, -0.1) is 0 Å². The molecule has 19 heavy (non-hydrogen) atoms. The molecular weight excluding hydrogens is 312 g/mol. The highest BCUT2D eigenvalue weighted by atomic mass is 79.9. The Labute approximate surface area is 120 Å². The van der Waals surface area contributed by atoms with Gasteiger partial charge >= 0.3 is 0 Å². The zero-order valence-corrected chi connectivity index (χ0v) is 12.5. The summed E-state index contributed by atoms with van der Waals surface area (Å²) in [5.41, 5.74) is -0.500. The number of halogens is 1. The minimum atomic E-state index is -0.970. The van der Waals surface area contributed by atoms with Crippen LogP contribution in [0.15, 0.2) is 28.7 Å². The van der Waals surface area contributed by atoms with E-state index in [0.29, 0.717) is 10.0 Å². The number of hydrogen-bond acceptors (Lipinski definition) is 3. The summed E-state index contributed by atoms with van der Waals surface area (Å²) in [4.78, 5) is 23.3. The Kier molecular flexibility index (Phi) is 5.50. The van der Waals surface area contributed by atoms with Gasteiger partial charge in [0.1, 0.15) is 0 Å². The summed E-state index contributed by atoms with van der Waals surface area (Å²) in [5, 5.41) is 14.5. The molecule has 1 aromatic rings. The Balaban J connectivity index is 2.43. The van der Waals surface area contributed by atoms with Crippen LogP contribution in [0.2, 0.25) is 0 Å². The normalized spacial score (nSPS) is 10.9. The quantitative estimate of drug-likeness (QED) is 0.756. The number of carbonyl (C=O) groups excluding carboxylic acids is 2. The molecule has 2 amide bonds. The van der Waals surface area contributed by atoms with Gasteiger partial charge in [0.05, 0.1) is 17.7 Å². The summed E-state index contributed by atoms with van der Waals surface area (Å²) in [5.74, 6) is -0.673. The molecule has 0 atom stereocenters. The molecule has 0 saturated heterocycles. The number of aliphatic hydroxyl groups is 1. The van der Waals surface area contributed by atoms with Gasteiger partial charge in [0.25, 0.3) is 5.91 Å². The van der Waals surface area contributed by atoms with E-state index in [4.69, 9.17) is 0 Å². The molecule has 104 valence electrons. The fourth-order valence-electron chi connectivity index (χ4n) is 1.28. The van der Waals surface area contributed by atoms with E-state index in [0.717, 1.165) is 0 Å². The van der Waals surface area contributed by atoms with Crippen LogP contribution in [-0.4, -0.2) is 35.6 Å². The van der Waals surface area contributed by atoms with Crippen LogP contribution in [0.4, 0.5) is 0 Å². The van der Waals surface area contributed by atoms with Crippen molar-refractivity contribution >= 4 is 27.7 Å². The molecule has 6 heteroatoms. The van der Waals surface area contributed by atoms with Crippen molar-refractivity contribution < 1.29 is 14.7 Å². The van der Waals surface area contributed by atoms with Crippen LogP contribution in [0.1, 0.15) is 24.2 Å². The number of nitrogens with one attached hydrogen (secondary N) is 2. The fourth-order valence-corrected chi connectivity index (χ4v) is 1.74. The van der Waals surface area contributed by atoms with Crippen LogP contribution in [0.25, 0.3) is 0 Å². The van der Waals surface area contributed by atoms with Crippen LogP contribution in [0, 0.1) is 0 Å². The van der Waals surface area contributed by atoms with Gasteiger partial charge in [-0.2, -0.15) is 0 Å². The molecule has 1 aromatic carbocycles. The van der Waals surface area contributed by atoms with Crippen molar-refractivity contribution in [1.82, 2.24) is 10.6 Å². The third-order valence-electron chi connectivity index (χ3n) is 2.25. The van der Waals surface area contributed by atoms with E-state index in [1.165, 1.54) is 0 Å². The van der Waals surface area contributed by atoms with Crippen LogP contribution in [0.3, 0.4) is 0 Å². The average Bonchev–Trinajstić information content (AvgIpc) is 2.33. The smallest absolute Gasteiger partial charge is 0.252 e. The highest BCUT2D eigenvalue weighted by molar-refractivity contribution is 9.10. The predicted molar refractivity (Wildman–Crippen MR) is 75.8 cm³/mol. The largest absolute Gasteiger partial charge is 0.389 e. The second-order valence-corrected chi connectivity index (χ2v) is 5.61. The molecule has 0 aliphatic rings. The van der Waals surface area contributed by atoms with Crippen molar-refractivity contribution in [2.24, 2.45) is 0 Å². The van der Waals surface area contributed by atoms with Gasteiger partial charge in [0.15, 0.2) is 0 Å². The summed E-state index contributed by atoms with van der Waals surface area (Å²) in [6.45, 7) is 3.19. The van der Waals surface area contributed by atoms with Gasteiger partial charge in [0, 0.05) is 11.0 Å². The summed E-state index contributed by atoms with van der Waals surface area (Å²) in [7, 11) is 0. The molecule has 3 N–H and O–H groups in total. The Morgan fingerprint density at radius 2 is 1.89 bits per heavy atom. The third-order valence-corrected chi connectivity index (χ3v) is 2.94. The van der Waals surface area contributed by atoms with Crippen molar-refractivity contribution in [3.63, 3.8) is 0 Å². The third kappa shape index (κ3) is 5.85. The first-order valence-electron chi connectivity index (χ1n) is 5.81. The summed E-state index contributed by atoms with van der Waals surface area (Å²) in [6, 6.07) is 6.96. The maximum absolute atomic E-state index is 11.8. The molecule has 0 fully saturated rings. The summed E-state index contributed by atoms with van der Waals surface area (Å²) < 4.78 is 0.671. The zero-order valence-electron chi connectivity index (χ0n) is 10.9. The maximum atomic E-state index is 11.8. The minimum absolute atomic E-state index is 0.129. The van der Waals surface area contributed by atoms with Crippen LogP contribution >= 0.6 is 15.9 Å². The standard InChI is InChI=1S/C13H17BrN2O3/c1-13(2,19)8-16-11(17)7-15-12(18)9-5-3-4-6-10(9)14/h3-6,19H,7-8H2,1-2H3,(H,15,18)(H,16,17). The van der Waals surface area contributed by atoms with Crippen molar-refractivity contribution in [2.75, 3.05) is 13.1 Å². The average molecular weight is 329 g/mol. The Morgan fingerprint density at radius 3 is 2.47 bits per heavy atom. The lowest BCUT2D eigenvalue weighted by atomic mass is 10.1. The Morgan fingerprint density at radius 1 is 1.26 bits per heavy atom. The lowest BCUT2D eigenvalue weighted by Gasteiger charge is -2.17. The number of amides is 2. The van der Waals surface area contributed by atoms with E-state index < -0.39 is 5.60 Å². The fraction of sp³-hybridized carbons (Fsp3) is 0.385. The maximum Gasteiger partial charge on any atom is 0.252 e. The molecule has 0 aliphatic heterocycles. The number of rotatable bonds is 5. The first-order chi connectivity index (χ1) is 8.79. The van der Waals surface area contributed by atoms with Gasteiger partial charge in [-0.1, -0.05) is 12.1 Å². The number of hydrogen-bond donors (Lipinski definition) is 3. The lowest BCUT2D eigenvalue weighted by Crippen LogP contribution is -2.43. The van der Waals surface area contributed by atoms with Crippen molar-refractivity contribution in [3.05, 3.63) is 34.3 Å². The van der Waals surface area contributed by atoms with Gasteiger partial charge in [-0.05, 0) is 41.9 Å². The van der Waals surface area contributed by atoms with E-state index in [9.17, 15) is 14.7 Å². The first-order valence-corrected chi connectivity index (χ1v) is 6.61. The Hall–Kier alpha value is -1.40. The molecule has 5 nitrogen and oxygen atoms in total. The van der Waals surface area contributed by atoms with Crippen molar-refractivity contribution in [1.29, 1.82) is 0 Å². The van der Waals surface area contributed by atoms with Crippen molar-refractivity contribution in [3.8, 4) is 0 Å². The predicted octanol–water partition coefficient (Wildman–Crippen LogP) is 1.07. The molecule has 0 spiro atoms. The molecule has 0 bridgehead atoms. The highest BCUT2D eigenvalue weighted by Crippen LogP contribution is 2.15. The topological polar surface area (TPSA) is 78.4 Å². The molecule has 0 saturated carbocycles. The summed E-state index contributed by atoms with van der Waals surface area (Å²) >= 11 is 3.27. The Bertz CT molecular complexity index is 469. The summed E-state index contributed by atoms with van der Waals surface area (Å²) in [6.07, 6.45) is 0. The van der Waals surface area contributed by atoms with E-state index in [2.05, 4.69) is 26.6 Å². The first kappa shape index (κ1) is 15.7. The second kappa shape index (κ2) is 6.68. The van der Waals surface area contributed by atoms with E-state index in [-0.39, 0.29) is 24.9 Å². The molecule has 0 aromatic heterocycles. The van der Waals surface area contributed by atoms with Gasteiger partial charge < -0.3 is 15.7 Å². The van der Waals surface area contributed by atoms with E-state index >= 15 is 0 Å². The number of carbonyl (C=O) groups is 2. The number of benzene rings is 1. The molecule has 0 aliphatic carbocycles. The molecule has 1 rings (SSSR count). The van der Waals surface area contributed by atoms with Crippen LogP contribution in [-0.2, 0) is 4.79 Å². The monoisotopic (exact) mass is 328 g/mol. The van der Waals surface area contributed by atoms with Crippen molar-refractivity contribution in [2.45, 2.75) is 19.4 Å². The minimum Gasteiger partial charge on any atom is -0.389 e.